The summed E-state index contributed by atoms with van der Waals surface area (Å²) in [5.41, 5.74) is 8.85. The third-order valence-electron chi connectivity index (χ3n) is 5.92. The summed E-state index contributed by atoms with van der Waals surface area (Å²) in [6.45, 7) is 1.74. The second kappa shape index (κ2) is 11.3. The quantitative estimate of drug-likeness (QED) is 0.504. The molecule has 0 spiro atoms. The molecule has 2 aliphatic heterocycles. The Morgan fingerprint density at radius 1 is 1.10 bits per heavy atom. The van der Waals surface area contributed by atoms with Crippen molar-refractivity contribution in [2.75, 3.05) is 31.8 Å². The maximum atomic E-state index is 5.69. The van der Waals surface area contributed by atoms with Crippen LogP contribution in [-0.4, -0.2) is 42.6 Å². The standard InChI is InChI=1S/C15H13N3O.C8H15NO.CH4S/c1-19-15-14-12(7-9-17-15)13(8-10-16-14)18-11-5-3-2-4-6-11;9-5-8-3-1-7(2-4-8)10-6-8;1-2/h2-10H,1H3,(H,16,18);7H,1-6,9H2;2H,1H3. The summed E-state index contributed by atoms with van der Waals surface area (Å²) in [6, 6.07) is 13.9. The Morgan fingerprint density at radius 3 is 2.39 bits per heavy atom. The first-order valence-electron chi connectivity index (χ1n) is 10.6. The molecule has 3 fully saturated rings. The molecule has 7 heteroatoms. The molecule has 2 saturated heterocycles. The monoisotopic (exact) mass is 440 g/mol. The summed E-state index contributed by atoms with van der Waals surface area (Å²) in [7, 11) is 1.60. The van der Waals surface area contributed by atoms with Gasteiger partial charge in [0.2, 0.25) is 5.88 Å². The minimum absolute atomic E-state index is 0.384. The summed E-state index contributed by atoms with van der Waals surface area (Å²) in [5.74, 6) is 0.536. The van der Waals surface area contributed by atoms with Crippen LogP contribution in [0.5, 0.6) is 5.88 Å². The molecule has 0 atom stereocenters. The minimum atomic E-state index is 0.384. The lowest BCUT2D eigenvalue weighted by Crippen LogP contribution is -2.46. The number of para-hydroxylation sites is 1. The zero-order valence-electron chi connectivity index (χ0n) is 18.3. The highest BCUT2D eigenvalue weighted by Crippen LogP contribution is 2.42. The fraction of sp³-hybridized carbons (Fsp3) is 0.417. The van der Waals surface area contributed by atoms with Crippen LogP contribution in [0.3, 0.4) is 0 Å². The molecule has 1 saturated carbocycles. The number of ether oxygens (including phenoxy) is 2. The third-order valence-corrected chi connectivity index (χ3v) is 5.92. The maximum absolute atomic E-state index is 5.69. The van der Waals surface area contributed by atoms with Crippen LogP contribution in [0.1, 0.15) is 25.7 Å². The van der Waals surface area contributed by atoms with Crippen molar-refractivity contribution in [2.24, 2.45) is 11.1 Å². The molecule has 1 aliphatic carbocycles. The maximum Gasteiger partial charge on any atom is 0.240 e. The Bertz CT molecular complexity index is 933. The highest BCUT2D eigenvalue weighted by atomic mass is 32.1. The van der Waals surface area contributed by atoms with Gasteiger partial charge in [0.15, 0.2) is 0 Å². The van der Waals surface area contributed by atoms with Crippen molar-refractivity contribution < 1.29 is 9.47 Å². The number of methoxy groups -OCH3 is 1. The number of thiol groups is 1. The average Bonchev–Trinajstić information content (AvgIpc) is 2.87. The van der Waals surface area contributed by atoms with Gasteiger partial charge in [0.25, 0.3) is 0 Å². The number of hydrogen-bond donors (Lipinski definition) is 3. The number of benzene rings is 1. The molecule has 6 rings (SSSR count). The molecule has 3 aromatic rings. The summed E-state index contributed by atoms with van der Waals surface area (Å²) in [6.07, 6.45) is 10.8. The average molecular weight is 441 g/mol. The molecule has 3 aliphatic rings. The van der Waals surface area contributed by atoms with Gasteiger partial charge in [0.05, 0.1) is 19.8 Å². The van der Waals surface area contributed by atoms with E-state index < -0.39 is 0 Å². The fourth-order valence-electron chi connectivity index (χ4n) is 4.06. The van der Waals surface area contributed by atoms with E-state index in [4.69, 9.17) is 15.2 Å². The van der Waals surface area contributed by atoms with Crippen LogP contribution in [0.4, 0.5) is 11.4 Å². The Hall–Kier alpha value is -2.35. The number of pyridine rings is 2. The fourth-order valence-corrected chi connectivity index (χ4v) is 4.06. The first-order valence-corrected chi connectivity index (χ1v) is 11.5. The van der Waals surface area contributed by atoms with E-state index in [1.807, 2.05) is 42.5 Å². The van der Waals surface area contributed by atoms with E-state index in [-0.39, 0.29) is 0 Å². The summed E-state index contributed by atoms with van der Waals surface area (Å²) in [5, 5.41) is 4.36. The second-order valence-electron chi connectivity index (χ2n) is 7.78. The normalized spacial score (nSPS) is 21.4. The molecule has 0 amide bonds. The van der Waals surface area contributed by atoms with Gasteiger partial charge in [0, 0.05) is 41.1 Å². The van der Waals surface area contributed by atoms with E-state index >= 15 is 0 Å². The molecule has 0 unspecified atom stereocenters. The zero-order chi connectivity index (χ0) is 22.1. The van der Waals surface area contributed by atoms with Crippen LogP contribution in [0.25, 0.3) is 10.9 Å². The Balaban J connectivity index is 0.000000190. The van der Waals surface area contributed by atoms with Gasteiger partial charge < -0.3 is 20.5 Å². The van der Waals surface area contributed by atoms with Crippen molar-refractivity contribution in [1.82, 2.24) is 9.97 Å². The van der Waals surface area contributed by atoms with Crippen LogP contribution in [0, 0.1) is 5.41 Å². The van der Waals surface area contributed by atoms with Gasteiger partial charge in [-0.2, -0.15) is 12.6 Å². The van der Waals surface area contributed by atoms with Crippen molar-refractivity contribution in [3.63, 3.8) is 0 Å². The number of hydrogen-bond acceptors (Lipinski definition) is 7. The molecule has 166 valence electrons. The van der Waals surface area contributed by atoms with Gasteiger partial charge in [-0.05, 0) is 56.2 Å². The van der Waals surface area contributed by atoms with Gasteiger partial charge in [-0.1, -0.05) is 18.2 Å². The van der Waals surface area contributed by atoms with Gasteiger partial charge in [-0.25, -0.2) is 4.98 Å². The number of rotatable bonds is 4. The van der Waals surface area contributed by atoms with Gasteiger partial charge in [-0.3, -0.25) is 4.98 Å². The Labute approximate surface area is 190 Å². The van der Waals surface area contributed by atoms with Crippen LogP contribution >= 0.6 is 12.6 Å². The van der Waals surface area contributed by atoms with E-state index in [9.17, 15) is 0 Å². The van der Waals surface area contributed by atoms with Crippen molar-refractivity contribution in [3.05, 3.63) is 54.9 Å². The molecule has 1 aromatic carbocycles. The predicted molar refractivity (Wildman–Crippen MR) is 130 cm³/mol. The van der Waals surface area contributed by atoms with E-state index in [1.54, 1.807) is 25.8 Å². The van der Waals surface area contributed by atoms with Crippen molar-refractivity contribution in [2.45, 2.75) is 31.8 Å². The molecular weight excluding hydrogens is 408 g/mol. The lowest BCUT2D eigenvalue weighted by Gasteiger charge is -2.45. The van der Waals surface area contributed by atoms with E-state index in [0.717, 1.165) is 35.4 Å². The summed E-state index contributed by atoms with van der Waals surface area (Å²) >= 11 is 3.53. The summed E-state index contributed by atoms with van der Waals surface area (Å²) < 4.78 is 10.8. The lowest BCUT2D eigenvalue weighted by atomic mass is 9.71. The van der Waals surface area contributed by atoms with E-state index in [2.05, 4.69) is 27.9 Å². The van der Waals surface area contributed by atoms with Gasteiger partial charge in [-0.15, -0.1) is 0 Å². The van der Waals surface area contributed by atoms with Gasteiger partial charge in [0.1, 0.15) is 5.52 Å². The van der Waals surface area contributed by atoms with Crippen LogP contribution in [0.2, 0.25) is 0 Å². The third kappa shape index (κ3) is 5.67. The Kier molecular flexibility index (Phi) is 8.51. The van der Waals surface area contributed by atoms with Crippen LogP contribution in [-0.2, 0) is 4.74 Å². The number of fused-ring (bicyclic) bond motifs is 4. The SMILES string of the molecule is COc1nccc2c(Nc3ccccc3)ccnc12.CS.NCC12CCC(CC1)OC2. The molecule has 0 radical (unpaired) electrons. The highest BCUT2D eigenvalue weighted by Gasteiger charge is 2.39. The molecule has 4 heterocycles. The Morgan fingerprint density at radius 2 is 1.81 bits per heavy atom. The molecule has 2 aromatic heterocycles. The predicted octanol–water partition coefficient (Wildman–Crippen LogP) is 4.83. The summed E-state index contributed by atoms with van der Waals surface area (Å²) in [4.78, 5) is 8.49. The largest absolute Gasteiger partial charge is 0.479 e. The highest BCUT2D eigenvalue weighted by molar-refractivity contribution is 7.79. The molecule has 2 bridgehead atoms. The smallest absolute Gasteiger partial charge is 0.240 e. The molecule has 31 heavy (non-hydrogen) atoms. The van der Waals surface area contributed by atoms with Gasteiger partial charge >= 0.3 is 0 Å². The van der Waals surface area contributed by atoms with E-state index in [0.29, 0.717) is 17.4 Å². The number of nitrogens with one attached hydrogen (secondary N) is 1. The molecular formula is C24H32N4O2S. The minimum Gasteiger partial charge on any atom is -0.479 e. The first kappa shape index (κ1) is 23.3. The van der Waals surface area contributed by atoms with Crippen LogP contribution in [0.15, 0.2) is 54.9 Å². The second-order valence-corrected chi connectivity index (χ2v) is 7.78. The van der Waals surface area contributed by atoms with Crippen LogP contribution < -0.4 is 15.8 Å². The van der Waals surface area contributed by atoms with Crippen molar-refractivity contribution >= 4 is 34.9 Å². The van der Waals surface area contributed by atoms with Crippen molar-refractivity contribution in [3.8, 4) is 5.88 Å². The lowest BCUT2D eigenvalue weighted by molar-refractivity contribution is -0.110. The molecule has 6 nitrogen and oxygen atoms in total. The van der Waals surface area contributed by atoms with Crippen molar-refractivity contribution in [1.29, 1.82) is 0 Å². The zero-order valence-corrected chi connectivity index (χ0v) is 19.1. The number of aromatic nitrogens is 2. The van der Waals surface area contributed by atoms with E-state index in [1.165, 1.54) is 25.7 Å². The first-order chi connectivity index (χ1) is 15.2. The number of nitrogens with two attached hydrogens (primary N) is 1. The topological polar surface area (TPSA) is 82.3 Å². The number of anilines is 2. The molecule has 3 N–H and O–H groups in total. The number of nitrogens with zero attached hydrogens (tertiary/aromatic N) is 2.